The van der Waals surface area contributed by atoms with Crippen LogP contribution >= 0.6 is 0 Å². The summed E-state index contributed by atoms with van der Waals surface area (Å²) in [5.41, 5.74) is 1.14. The van der Waals surface area contributed by atoms with Gasteiger partial charge in [-0.15, -0.1) is 0 Å². The van der Waals surface area contributed by atoms with E-state index in [-0.39, 0.29) is 6.42 Å². The number of hydrogen-bond acceptors (Lipinski definition) is 5. The molecule has 2 rings (SSSR count). The fourth-order valence-corrected chi connectivity index (χ4v) is 2.13. The van der Waals surface area contributed by atoms with Crippen LogP contribution in [0.15, 0.2) is 12.4 Å². The van der Waals surface area contributed by atoms with Crippen molar-refractivity contribution in [3.8, 4) is 0 Å². The molecule has 6 heteroatoms. The highest BCUT2D eigenvalue weighted by Gasteiger charge is 2.17. The molecule has 0 aromatic carbocycles. The molecule has 104 valence electrons. The lowest BCUT2D eigenvalue weighted by molar-refractivity contribution is -0.136. The Kier molecular flexibility index (Phi) is 4.68. The van der Waals surface area contributed by atoms with Crippen molar-refractivity contribution in [3.63, 3.8) is 0 Å². The first kappa shape index (κ1) is 13.7. The van der Waals surface area contributed by atoms with E-state index in [0.717, 1.165) is 31.6 Å². The van der Waals surface area contributed by atoms with Crippen molar-refractivity contribution in [2.45, 2.75) is 25.2 Å². The third kappa shape index (κ3) is 3.89. The van der Waals surface area contributed by atoms with E-state index in [1.54, 1.807) is 11.9 Å². The van der Waals surface area contributed by atoms with Gasteiger partial charge in [0, 0.05) is 39.2 Å². The van der Waals surface area contributed by atoms with Crippen molar-refractivity contribution >= 4 is 11.9 Å². The van der Waals surface area contributed by atoms with Crippen molar-refractivity contribution in [2.24, 2.45) is 0 Å². The minimum Gasteiger partial charge on any atom is -0.481 e. The molecule has 1 aromatic rings. The van der Waals surface area contributed by atoms with Gasteiger partial charge in [0.2, 0.25) is 5.95 Å². The topological polar surface area (TPSA) is 75.6 Å². The molecule has 1 aliphatic rings. The van der Waals surface area contributed by atoms with Crippen molar-refractivity contribution in [1.82, 2.24) is 9.97 Å². The van der Waals surface area contributed by atoms with E-state index in [1.807, 2.05) is 12.4 Å². The Balaban J connectivity index is 1.95. The second kappa shape index (κ2) is 6.47. The Morgan fingerprint density at radius 2 is 2.05 bits per heavy atom. The number of anilines is 1. The third-order valence-corrected chi connectivity index (χ3v) is 3.35. The summed E-state index contributed by atoms with van der Waals surface area (Å²) in [6.07, 6.45) is 5.79. The van der Waals surface area contributed by atoms with Crippen LogP contribution in [-0.4, -0.2) is 47.8 Å². The summed E-state index contributed by atoms with van der Waals surface area (Å²) in [5.74, 6) is 0.231. The monoisotopic (exact) mass is 265 g/mol. The van der Waals surface area contributed by atoms with Crippen LogP contribution in [0.4, 0.5) is 5.95 Å². The molecular formula is C13H19N3O3. The van der Waals surface area contributed by atoms with Crippen LogP contribution in [0.25, 0.3) is 0 Å². The van der Waals surface area contributed by atoms with Gasteiger partial charge in [-0.05, 0) is 24.3 Å². The lowest BCUT2D eigenvalue weighted by Crippen LogP contribution is -2.23. The fraction of sp³-hybridized carbons (Fsp3) is 0.615. The highest BCUT2D eigenvalue weighted by molar-refractivity contribution is 5.67. The summed E-state index contributed by atoms with van der Waals surface area (Å²) in [4.78, 5) is 20.9. The first-order valence-corrected chi connectivity index (χ1v) is 6.49. The van der Waals surface area contributed by atoms with Crippen molar-refractivity contribution in [3.05, 3.63) is 18.0 Å². The molecule has 0 spiro atoms. The predicted molar refractivity (Wildman–Crippen MR) is 70.3 cm³/mol. The van der Waals surface area contributed by atoms with Crippen LogP contribution in [0.5, 0.6) is 0 Å². The standard InChI is InChI=1S/C13H19N3O3/c1-16(5-2-12(17)18)13-14-8-11(9-15-13)10-3-6-19-7-4-10/h8-10H,2-7H2,1H3,(H,17,18). The van der Waals surface area contributed by atoms with Gasteiger partial charge in [-0.3, -0.25) is 4.79 Å². The maximum absolute atomic E-state index is 10.5. The summed E-state index contributed by atoms with van der Waals surface area (Å²) in [7, 11) is 1.80. The Hall–Kier alpha value is -1.69. The molecule has 6 nitrogen and oxygen atoms in total. The lowest BCUT2D eigenvalue weighted by Gasteiger charge is -2.22. The smallest absolute Gasteiger partial charge is 0.305 e. The fourth-order valence-electron chi connectivity index (χ4n) is 2.13. The molecule has 1 aromatic heterocycles. The number of rotatable bonds is 5. The molecule has 0 unspecified atom stereocenters. The number of aromatic nitrogens is 2. The van der Waals surface area contributed by atoms with Gasteiger partial charge in [0.25, 0.3) is 0 Å². The Bertz CT molecular complexity index is 416. The van der Waals surface area contributed by atoms with E-state index < -0.39 is 5.97 Å². The van der Waals surface area contributed by atoms with E-state index in [2.05, 4.69) is 9.97 Å². The minimum atomic E-state index is -0.814. The molecular weight excluding hydrogens is 246 g/mol. The van der Waals surface area contributed by atoms with Gasteiger partial charge in [0.15, 0.2) is 0 Å². The van der Waals surface area contributed by atoms with Gasteiger partial charge < -0.3 is 14.7 Å². The van der Waals surface area contributed by atoms with Crippen molar-refractivity contribution in [2.75, 3.05) is 31.7 Å². The zero-order valence-corrected chi connectivity index (χ0v) is 11.1. The van der Waals surface area contributed by atoms with Crippen LogP contribution in [-0.2, 0) is 9.53 Å². The summed E-state index contributed by atoms with van der Waals surface area (Å²) in [5, 5.41) is 8.64. The van der Waals surface area contributed by atoms with Crippen molar-refractivity contribution < 1.29 is 14.6 Å². The largest absolute Gasteiger partial charge is 0.481 e. The number of carbonyl (C=O) groups is 1. The number of ether oxygens (including phenoxy) is 1. The molecule has 19 heavy (non-hydrogen) atoms. The van der Waals surface area contributed by atoms with Crippen LogP contribution in [0.2, 0.25) is 0 Å². The van der Waals surface area contributed by atoms with E-state index in [1.165, 1.54) is 0 Å². The van der Waals surface area contributed by atoms with Gasteiger partial charge in [-0.1, -0.05) is 0 Å². The Labute approximate surface area is 112 Å². The third-order valence-electron chi connectivity index (χ3n) is 3.35. The number of nitrogens with zero attached hydrogens (tertiary/aromatic N) is 3. The number of carboxylic acid groups (broad SMARTS) is 1. The summed E-state index contributed by atoms with van der Waals surface area (Å²) in [6.45, 7) is 2.00. The average molecular weight is 265 g/mol. The van der Waals surface area contributed by atoms with Gasteiger partial charge in [-0.25, -0.2) is 9.97 Å². The van der Waals surface area contributed by atoms with Crippen LogP contribution in [0.3, 0.4) is 0 Å². The van der Waals surface area contributed by atoms with E-state index in [4.69, 9.17) is 9.84 Å². The highest BCUT2D eigenvalue weighted by atomic mass is 16.5. The van der Waals surface area contributed by atoms with E-state index in [9.17, 15) is 4.79 Å². The second-order valence-electron chi connectivity index (χ2n) is 4.77. The molecule has 1 saturated heterocycles. The number of hydrogen-bond donors (Lipinski definition) is 1. The molecule has 0 bridgehead atoms. The maximum Gasteiger partial charge on any atom is 0.305 e. The quantitative estimate of drug-likeness (QED) is 0.864. The van der Waals surface area contributed by atoms with Gasteiger partial charge >= 0.3 is 5.97 Å². The molecule has 0 radical (unpaired) electrons. The highest BCUT2D eigenvalue weighted by Crippen LogP contribution is 2.26. The zero-order chi connectivity index (χ0) is 13.7. The maximum atomic E-state index is 10.5. The summed E-state index contributed by atoms with van der Waals surface area (Å²) >= 11 is 0. The molecule has 0 saturated carbocycles. The van der Waals surface area contributed by atoms with Crippen LogP contribution in [0, 0.1) is 0 Å². The summed E-state index contributed by atoms with van der Waals surface area (Å²) in [6, 6.07) is 0. The van der Waals surface area contributed by atoms with Crippen LogP contribution < -0.4 is 4.90 Å². The molecule has 1 fully saturated rings. The van der Waals surface area contributed by atoms with Gasteiger partial charge in [-0.2, -0.15) is 0 Å². The molecule has 1 N–H and O–H groups in total. The number of carboxylic acids is 1. The first-order valence-electron chi connectivity index (χ1n) is 6.49. The molecule has 0 aliphatic carbocycles. The van der Waals surface area contributed by atoms with Crippen molar-refractivity contribution in [1.29, 1.82) is 0 Å². The Morgan fingerprint density at radius 3 is 2.63 bits per heavy atom. The molecule has 0 amide bonds. The Morgan fingerprint density at radius 1 is 1.42 bits per heavy atom. The SMILES string of the molecule is CN(CCC(=O)O)c1ncc(C2CCOCC2)cn1. The second-order valence-corrected chi connectivity index (χ2v) is 4.77. The minimum absolute atomic E-state index is 0.0849. The summed E-state index contributed by atoms with van der Waals surface area (Å²) < 4.78 is 5.33. The van der Waals surface area contributed by atoms with E-state index in [0.29, 0.717) is 18.4 Å². The number of aliphatic carboxylic acids is 1. The average Bonchev–Trinajstić information content (AvgIpc) is 2.46. The van der Waals surface area contributed by atoms with E-state index >= 15 is 0 Å². The van der Waals surface area contributed by atoms with Crippen LogP contribution in [0.1, 0.15) is 30.7 Å². The molecule has 1 aliphatic heterocycles. The van der Waals surface area contributed by atoms with Gasteiger partial charge in [0.1, 0.15) is 0 Å². The lowest BCUT2D eigenvalue weighted by atomic mass is 9.94. The zero-order valence-electron chi connectivity index (χ0n) is 11.1. The molecule has 0 atom stereocenters. The first-order chi connectivity index (χ1) is 9.16. The molecule has 2 heterocycles. The normalized spacial score (nSPS) is 16.3. The predicted octanol–water partition coefficient (Wildman–Crippen LogP) is 1.28. The van der Waals surface area contributed by atoms with Gasteiger partial charge in [0.05, 0.1) is 6.42 Å².